The Balaban J connectivity index is 2.94. The van der Waals surface area contributed by atoms with Gasteiger partial charge in [0, 0.05) is 14.1 Å². The summed E-state index contributed by atoms with van der Waals surface area (Å²) in [4.78, 5) is 4.03. The third-order valence-electron chi connectivity index (χ3n) is 1.78. The zero-order chi connectivity index (χ0) is 12.9. The third-order valence-corrected chi connectivity index (χ3v) is 3.21. The van der Waals surface area contributed by atoms with E-state index in [1.54, 1.807) is 18.2 Å². The molecule has 1 heterocycles. The van der Waals surface area contributed by atoms with Crippen LogP contribution in [0.4, 0.5) is 5.82 Å². The van der Waals surface area contributed by atoms with E-state index in [9.17, 15) is 8.42 Å². The molecule has 17 heavy (non-hydrogen) atoms. The van der Waals surface area contributed by atoms with E-state index in [1.165, 1.54) is 14.1 Å². The molecular weight excluding hydrogens is 240 g/mol. The Labute approximate surface area is 101 Å². The van der Waals surface area contributed by atoms with E-state index in [1.807, 2.05) is 0 Å². The third kappa shape index (κ3) is 4.03. The summed E-state index contributed by atoms with van der Waals surface area (Å²) in [6.07, 6.45) is 0. The standard InChI is InChI=1S/C10H14N4O2S/c1-14(2)17(15,16)13-10-7-3-5-9(12-10)6-4-8-11/h3,5,7H,8,11H2,1-2H3,(H,12,13). The second kappa shape index (κ2) is 5.63. The lowest BCUT2D eigenvalue weighted by Crippen LogP contribution is -2.29. The van der Waals surface area contributed by atoms with Crippen molar-refractivity contribution in [3.05, 3.63) is 23.9 Å². The van der Waals surface area contributed by atoms with Gasteiger partial charge in [-0.05, 0) is 18.1 Å². The van der Waals surface area contributed by atoms with E-state index < -0.39 is 10.2 Å². The number of nitrogens with zero attached hydrogens (tertiary/aromatic N) is 2. The van der Waals surface area contributed by atoms with Crippen LogP contribution in [-0.4, -0.2) is 38.3 Å². The molecule has 0 amide bonds. The highest BCUT2D eigenvalue weighted by Gasteiger charge is 2.13. The summed E-state index contributed by atoms with van der Waals surface area (Å²) >= 11 is 0. The van der Waals surface area contributed by atoms with Gasteiger partial charge in [0.2, 0.25) is 0 Å². The molecule has 7 heteroatoms. The van der Waals surface area contributed by atoms with Crippen LogP contribution in [-0.2, 0) is 10.2 Å². The van der Waals surface area contributed by atoms with Crippen molar-refractivity contribution in [1.82, 2.24) is 9.29 Å². The maximum atomic E-state index is 11.5. The molecule has 0 radical (unpaired) electrons. The molecular formula is C10H14N4O2S. The number of pyridine rings is 1. The Bertz CT molecular complexity index is 543. The topological polar surface area (TPSA) is 88.3 Å². The molecule has 3 N–H and O–H groups in total. The van der Waals surface area contributed by atoms with E-state index in [-0.39, 0.29) is 12.4 Å². The summed E-state index contributed by atoms with van der Waals surface area (Å²) in [6.45, 7) is 0.231. The molecule has 1 aromatic rings. The van der Waals surface area contributed by atoms with Gasteiger partial charge < -0.3 is 5.73 Å². The van der Waals surface area contributed by atoms with Crippen molar-refractivity contribution in [2.45, 2.75) is 0 Å². The van der Waals surface area contributed by atoms with Crippen LogP contribution in [0.5, 0.6) is 0 Å². The van der Waals surface area contributed by atoms with Gasteiger partial charge in [0.15, 0.2) is 0 Å². The monoisotopic (exact) mass is 254 g/mol. The van der Waals surface area contributed by atoms with Crippen LogP contribution in [0.3, 0.4) is 0 Å². The second-order valence-corrected chi connectivity index (χ2v) is 5.19. The van der Waals surface area contributed by atoms with E-state index >= 15 is 0 Å². The van der Waals surface area contributed by atoms with Gasteiger partial charge in [0.25, 0.3) is 0 Å². The molecule has 0 spiro atoms. The lowest BCUT2D eigenvalue weighted by Gasteiger charge is -2.12. The molecule has 0 aliphatic carbocycles. The van der Waals surface area contributed by atoms with Gasteiger partial charge >= 0.3 is 10.2 Å². The minimum atomic E-state index is -3.54. The van der Waals surface area contributed by atoms with E-state index in [4.69, 9.17) is 5.73 Å². The van der Waals surface area contributed by atoms with Crippen LogP contribution in [0.25, 0.3) is 0 Å². The fourth-order valence-corrected chi connectivity index (χ4v) is 1.49. The van der Waals surface area contributed by atoms with Gasteiger partial charge in [0.05, 0.1) is 6.54 Å². The first-order valence-corrected chi connectivity index (χ1v) is 6.26. The molecule has 0 fully saturated rings. The van der Waals surface area contributed by atoms with Gasteiger partial charge in [0.1, 0.15) is 11.5 Å². The Morgan fingerprint density at radius 3 is 2.76 bits per heavy atom. The van der Waals surface area contributed by atoms with Crippen molar-refractivity contribution < 1.29 is 8.42 Å². The Hall–Kier alpha value is -1.62. The minimum absolute atomic E-state index is 0.225. The second-order valence-electron chi connectivity index (χ2n) is 3.30. The number of nitrogens with two attached hydrogens (primary N) is 1. The lowest BCUT2D eigenvalue weighted by molar-refractivity contribution is 0.526. The fraction of sp³-hybridized carbons (Fsp3) is 0.300. The van der Waals surface area contributed by atoms with E-state index in [0.29, 0.717) is 5.69 Å². The summed E-state index contributed by atoms with van der Waals surface area (Å²) in [5, 5.41) is 0. The van der Waals surface area contributed by atoms with Crippen molar-refractivity contribution in [2.75, 3.05) is 25.4 Å². The SMILES string of the molecule is CN(C)S(=O)(=O)Nc1cccc(C#CCN)n1. The van der Waals surface area contributed by atoms with Crippen LogP contribution >= 0.6 is 0 Å². The van der Waals surface area contributed by atoms with Crippen LogP contribution in [0.15, 0.2) is 18.2 Å². The molecule has 0 aliphatic heterocycles. The number of nitrogens with one attached hydrogen (secondary N) is 1. The normalized spacial score (nSPS) is 10.8. The zero-order valence-corrected chi connectivity index (χ0v) is 10.5. The molecule has 92 valence electrons. The number of rotatable bonds is 3. The number of aromatic nitrogens is 1. The molecule has 0 aliphatic rings. The maximum absolute atomic E-state index is 11.5. The van der Waals surface area contributed by atoms with Crippen molar-refractivity contribution >= 4 is 16.0 Å². The highest BCUT2D eigenvalue weighted by Crippen LogP contribution is 2.07. The Morgan fingerprint density at radius 2 is 2.18 bits per heavy atom. The zero-order valence-electron chi connectivity index (χ0n) is 9.64. The quantitative estimate of drug-likeness (QED) is 0.719. The minimum Gasteiger partial charge on any atom is -0.320 e. The van der Waals surface area contributed by atoms with Crippen LogP contribution in [0, 0.1) is 11.8 Å². The van der Waals surface area contributed by atoms with Crippen molar-refractivity contribution in [2.24, 2.45) is 5.73 Å². The Kier molecular flexibility index (Phi) is 4.45. The summed E-state index contributed by atoms with van der Waals surface area (Å²) in [5.74, 6) is 5.59. The lowest BCUT2D eigenvalue weighted by atomic mass is 10.3. The predicted octanol–water partition coefficient (Wildman–Crippen LogP) is -0.390. The van der Waals surface area contributed by atoms with Crippen molar-refractivity contribution in [3.8, 4) is 11.8 Å². The van der Waals surface area contributed by atoms with Crippen molar-refractivity contribution in [3.63, 3.8) is 0 Å². The average molecular weight is 254 g/mol. The number of anilines is 1. The largest absolute Gasteiger partial charge is 0.320 e. The molecule has 1 aromatic heterocycles. The van der Waals surface area contributed by atoms with Gasteiger partial charge in [-0.25, -0.2) is 4.98 Å². The smallest absolute Gasteiger partial charge is 0.302 e. The Morgan fingerprint density at radius 1 is 1.47 bits per heavy atom. The van der Waals surface area contributed by atoms with E-state index in [0.717, 1.165) is 4.31 Å². The van der Waals surface area contributed by atoms with Crippen LogP contribution in [0.2, 0.25) is 0 Å². The number of hydrogen-bond acceptors (Lipinski definition) is 4. The van der Waals surface area contributed by atoms with Crippen LogP contribution < -0.4 is 10.5 Å². The molecule has 0 unspecified atom stereocenters. The molecule has 0 aromatic carbocycles. The molecule has 1 rings (SSSR count). The first kappa shape index (κ1) is 13.4. The van der Waals surface area contributed by atoms with Crippen molar-refractivity contribution in [1.29, 1.82) is 0 Å². The summed E-state index contributed by atoms with van der Waals surface area (Å²) in [5.41, 5.74) is 5.70. The van der Waals surface area contributed by atoms with Crippen LogP contribution in [0.1, 0.15) is 5.69 Å². The average Bonchev–Trinajstić information content (AvgIpc) is 2.26. The van der Waals surface area contributed by atoms with Gasteiger partial charge in [-0.3, -0.25) is 4.72 Å². The summed E-state index contributed by atoms with van der Waals surface area (Å²) in [6, 6.07) is 4.89. The van der Waals surface area contributed by atoms with Gasteiger partial charge in [-0.15, -0.1) is 0 Å². The molecule has 0 saturated carbocycles. The van der Waals surface area contributed by atoms with Gasteiger partial charge in [-0.1, -0.05) is 12.0 Å². The summed E-state index contributed by atoms with van der Waals surface area (Å²) < 4.78 is 26.5. The maximum Gasteiger partial charge on any atom is 0.302 e. The number of hydrogen-bond donors (Lipinski definition) is 2. The molecule has 0 bridgehead atoms. The highest BCUT2D eigenvalue weighted by molar-refractivity contribution is 7.90. The van der Waals surface area contributed by atoms with E-state index in [2.05, 4.69) is 21.5 Å². The molecule has 0 atom stereocenters. The first-order chi connectivity index (χ1) is 7.95. The first-order valence-electron chi connectivity index (χ1n) is 4.82. The highest BCUT2D eigenvalue weighted by atomic mass is 32.2. The fourth-order valence-electron chi connectivity index (χ4n) is 0.926. The summed E-state index contributed by atoms with van der Waals surface area (Å²) in [7, 11) is -0.679. The predicted molar refractivity (Wildman–Crippen MR) is 66.4 cm³/mol. The van der Waals surface area contributed by atoms with Gasteiger partial charge in [-0.2, -0.15) is 12.7 Å². The molecule has 0 saturated heterocycles. The molecule has 6 nitrogen and oxygen atoms in total.